The van der Waals surface area contributed by atoms with Crippen molar-refractivity contribution >= 4 is 40.7 Å². The van der Waals surface area contributed by atoms with Gasteiger partial charge in [0.25, 0.3) is 5.91 Å². The van der Waals surface area contributed by atoms with Gasteiger partial charge in [0.05, 0.1) is 5.69 Å². The van der Waals surface area contributed by atoms with Crippen molar-refractivity contribution in [2.45, 2.75) is 37.0 Å². The highest BCUT2D eigenvalue weighted by atomic mass is 32.2. The van der Waals surface area contributed by atoms with Gasteiger partial charge in [0, 0.05) is 22.1 Å². The fraction of sp³-hybridized carbons (Fsp3) is 0.292. The second-order valence-corrected chi connectivity index (χ2v) is 9.96. The minimum absolute atomic E-state index is 0.186. The number of carbonyl (C=O) groups excluding carboxylic acids is 2. The van der Waals surface area contributed by atoms with Crippen LogP contribution in [0.4, 0.5) is 5.69 Å². The van der Waals surface area contributed by atoms with E-state index in [1.807, 2.05) is 55.5 Å². The molecule has 1 amide bonds. The van der Waals surface area contributed by atoms with Gasteiger partial charge in [-0.05, 0) is 37.6 Å². The van der Waals surface area contributed by atoms with E-state index in [4.69, 9.17) is 9.47 Å². The lowest BCUT2D eigenvalue weighted by Gasteiger charge is -2.22. The quantitative estimate of drug-likeness (QED) is 0.469. The van der Waals surface area contributed by atoms with Gasteiger partial charge in [-0.1, -0.05) is 36.8 Å². The smallest absolute Gasteiger partial charge is 0.358 e. The maximum absolute atomic E-state index is 12.8. The van der Waals surface area contributed by atoms with Crippen LogP contribution >= 0.6 is 23.1 Å². The molecule has 0 N–H and O–H groups in total. The molecule has 1 aliphatic rings. The Labute approximate surface area is 195 Å². The average molecular weight is 469 g/mol. The lowest BCUT2D eigenvalue weighted by molar-refractivity contribution is -0.121. The van der Waals surface area contributed by atoms with E-state index < -0.39 is 5.97 Å². The number of anilines is 1. The normalized spacial score (nSPS) is 15.6. The maximum atomic E-state index is 12.8. The highest BCUT2D eigenvalue weighted by Gasteiger charge is 2.25. The summed E-state index contributed by atoms with van der Waals surface area (Å²) in [4.78, 5) is 32.3. The molecule has 4 rings (SSSR count). The number of aryl methyl sites for hydroxylation is 1. The molecule has 32 heavy (non-hydrogen) atoms. The zero-order valence-corrected chi connectivity index (χ0v) is 19.6. The van der Waals surface area contributed by atoms with E-state index in [-0.39, 0.29) is 24.8 Å². The Bertz CT molecular complexity index is 1100. The van der Waals surface area contributed by atoms with E-state index in [0.717, 1.165) is 28.3 Å². The van der Waals surface area contributed by atoms with E-state index >= 15 is 0 Å². The second kappa shape index (κ2) is 10.2. The average Bonchev–Trinajstić information content (AvgIpc) is 3.20. The molecule has 1 atom stereocenters. The van der Waals surface area contributed by atoms with Crippen molar-refractivity contribution in [2.24, 2.45) is 0 Å². The van der Waals surface area contributed by atoms with E-state index in [2.05, 4.69) is 11.9 Å². The van der Waals surface area contributed by atoms with Crippen LogP contribution in [-0.2, 0) is 16.1 Å². The topological polar surface area (TPSA) is 68.7 Å². The number of para-hydroxylation sites is 1. The number of fused-ring (bicyclic) bond motifs is 1. The molecule has 1 aromatic heterocycles. The lowest BCUT2D eigenvalue weighted by atomic mass is 10.2. The molecule has 0 bridgehead atoms. The van der Waals surface area contributed by atoms with Crippen molar-refractivity contribution in [2.75, 3.05) is 18.1 Å². The number of hydrogen-bond acceptors (Lipinski definition) is 7. The number of thiazole rings is 1. The molecule has 1 unspecified atom stereocenters. The number of aromatic nitrogens is 1. The van der Waals surface area contributed by atoms with Gasteiger partial charge < -0.3 is 14.4 Å². The second-order valence-electron chi connectivity index (χ2n) is 7.53. The van der Waals surface area contributed by atoms with Crippen molar-refractivity contribution in [1.82, 2.24) is 4.98 Å². The van der Waals surface area contributed by atoms with Crippen LogP contribution in [0.25, 0.3) is 0 Å². The van der Waals surface area contributed by atoms with Gasteiger partial charge in [0.1, 0.15) is 17.4 Å². The summed E-state index contributed by atoms with van der Waals surface area (Å²) in [7, 11) is 0. The number of rotatable bonds is 6. The molecular formula is C24H24N2O4S2. The Morgan fingerprint density at radius 2 is 1.94 bits per heavy atom. The largest absolute Gasteiger partial charge is 0.486 e. The number of hydrogen-bond donors (Lipinski definition) is 0. The van der Waals surface area contributed by atoms with E-state index in [0.29, 0.717) is 16.8 Å². The summed E-state index contributed by atoms with van der Waals surface area (Å²) in [5.74, 6) is -0.105. The molecule has 0 fully saturated rings. The van der Waals surface area contributed by atoms with Crippen LogP contribution in [0, 0.1) is 6.92 Å². The van der Waals surface area contributed by atoms with Crippen molar-refractivity contribution in [3.8, 4) is 5.75 Å². The predicted octanol–water partition coefficient (Wildman–Crippen LogP) is 5.10. The first kappa shape index (κ1) is 22.4. The first-order chi connectivity index (χ1) is 15.5. The summed E-state index contributed by atoms with van der Waals surface area (Å²) in [5, 5.41) is 2.70. The standard InChI is InChI=1S/C24H24N2O4S2/c1-16-7-9-18(10-8-16)29-13-22-25-19(15-31-22)24(28)30-14-23(27)26-12-11-17(2)32-21-6-4-3-5-20(21)26/h3-10,15,17H,11-14H2,1-2H3. The van der Waals surface area contributed by atoms with Crippen LogP contribution in [0.2, 0.25) is 0 Å². The van der Waals surface area contributed by atoms with Crippen molar-refractivity contribution < 1.29 is 19.1 Å². The Balaban J connectivity index is 1.33. The first-order valence-corrected chi connectivity index (χ1v) is 12.1. The third kappa shape index (κ3) is 5.49. The summed E-state index contributed by atoms with van der Waals surface area (Å²) >= 11 is 3.08. The molecule has 0 aliphatic carbocycles. The number of nitrogens with zero attached hydrogens (tertiary/aromatic N) is 2. The van der Waals surface area contributed by atoms with Crippen LogP contribution in [0.5, 0.6) is 5.75 Å². The summed E-state index contributed by atoms with van der Waals surface area (Å²) in [6.07, 6.45) is 0.870. The molecule has 3 aromatic rings. The van der Waals surface area contributed by atoms with Crippen LogP contribution in [0.3, 0.4) is 0 Å². The van der Waals surface area contributed by atoms with Crippen LogP contribution in [-0.4, -0.2) is 35.3 Å². The fourth-order valence-corrected chi connectivity index (χ4v) is 5.06. The van der Waals surface area contributed by atoms with E-state index in [9.17, 15) is 9.59 Å². The van der Waals surface area contributed by atoms with Crippen molar-refractivity contribution in [3.63, 3.8) is 0 Å². The minimum atomic E-state index is -0.609. The zero-order valence-electron chi connectivity index (χ0n) is 17.9. The van der Waals surface area contributed by atoms with E-state index in [1.54, 1.807) is 22.0 Å². The maximum Gasteiger partial charge on any atom is 0.358 e. The highest BCUT2D eigenvalue weighted by Crippen LogP contribution is 2.37. The number of carbonyl (C=O) groups is 2. The Hall–Kier alpha value is -2.84. The van der Waals surface area contributed by atoms with Gasteiger partial charge in [-0.3, -0.25) is 4.79 Å². The number of ether oxygens (including phenoxy) is 2. The molecule has 2 aromatic carbocycles. The molecule has 1 aliphatic heterocycles. The Morgan fingerprint density at radius 1 is 1.16 bits per heavy atom. The molecular weight excluding hydrogens is 444 g/mol. The van der Waals surface area contributed by atoms with Crippen LogP contribution in [0.1, 0.15) is 34.4 Å². The molecule has 0 spiro atoms. The van der Waals surface area contributed by atoms with E-state index in [1.165, 1.54) is 11.3 Å². The monoisotopic (exact) mass is 468 g/mol. The number of benzene rings is 2. The fourth-order valence-electron chi connectivity index (χ4n) is 3.28. The predicted molar refractivity (Wildman–Crippen MR) is 127 cm³/mol. The van der Waals surface area contributed by atoms with Crippen LogP contribution < -0.4 is 9.64 Å². The minimum Gasteiger partial charge on any atom is -0.486 e. The molecule has 2 heterocycles. The van der Waals surface area contributed by atoms with Gasteiger partial charge in [-0.15, -0.1) is 23.1 Å². The van der Waals surface area contributed by atoms with Gasteiger partial charge in [-0.25, -0.2) is 9.78 Å². The molecule has 8 heteroatoms. The summed E-state index contributed by atoms with van der Waals surface area (Å²) < 4.78 is 11.0. The van der Waals surface area contributed by atoms with Gasteiger partial charge in [-0.2, -0.15) is 0 Å². The van der Waals surface area contributed by atoms with Gasteiger partial charge in [0.15, 0.2) is 12.3 Å². The SMILES string of the molecule is Cc1ccc(OCc2nc(C(=O)OCC(=O)N3CCC(C)Sc4ccccc43)cs2)cc1. The van der Waals surface area contributed by atoms with Crippen molar-refractivity contribution in [3.05, 3.63) is 70.2 Å². The number of esters is 1. The molecule has 0 saturated carbocycles. The van der Waals surface area contributed by atoms with Gasteiger partial charge in [0.2, 0.25) is 0 Å². The van der Waals surface area contributed by atoms with Gasteiger partial charge >= 0.3 is 5.97 Å². The number of thioether (sulfide) groups is 1. The Kier molecular flexibility index (Phi) is 7.12. The Morgan fingerprint density at radius 3 is 2.75 bits per heavy atom. The lowest BCUT2D eigenvalue weighted by Crippen LogP contribution is -2.35. The highest BCUT2D eigenvalue weighted by molar-refractivity contribution is 8.00. The van der Waals surface area contributed by atoms with Crippen molar-refractivity contribution in [1.29, 1.82) is 0 Å². The summed E-state index contributed by atoms with van der Waals surface area (Å²) in [6.45, 7) is 4.70. The third-order valence-corrected chi connectivity index (χ3v) is 7.07. The first-order valence-electron chi connectivity index (χ1n) is 10.4. The molecule has 0 radical (unpaired) electrons. The third-order valence-electron chi connectivity index (χ3n) is 5.02. The van der Waals surface area contributed by atoms with Crippen LogP contribution in [0.15, 0.2) is 58.8 Å². The summed E-state index contributed by atoms with van der Waals surface area (Å²) in [6, 6.07) is 15.6. The molecule has 0 saturated heterocycles. The molecule has 166 valence electrons. The summed E-state index contributed by atoms with van der Waals surface area (Å²) in [5.41, 5.74) is 2.21. The molecule has 6 nitrogen and oxygen atoms in total. The number of amides is 1. The zero-order chi connectivity index (χ0) is 22.5.